The molecule has 0 aliphatic heterocycles. The van der Waals surface area contributed by atoms with Gasteiger partial charge < -0.3 is 10.4 Å². The lowest BCUT2D eigenvalue weighted by Crippen LogP contribution is -2.30. The first-order valence-corrected chi connectivity index (χ1v) is 3.16. The van der Waals surface area contributed by atoms with Crippen molar-refractivity contribution < 1.29 is 9.90 Å². The van der Waals surface area contributed by atoms with Crippen molar-refractivity contribution in [1.29, 1.82) is 0 Å². The first-order chi connectivity index (χ1) is 5.22. The monoisotopic (exact) mass is 160 g/mol. The molecule has 0 saturated heterocycles. The van der Waals surface area contributed by atoms with E-state index in [9.17, 15) is 4.79 Å². The molecule has 0 rings (SSSR count). The number of carbonyl (C=O) groups excluding carboxylic acids is 1. The van der Waals surface area contributed by atoms with Gasteiger partial charge >= 0.3 is 6.03 Å². The third kappa shape index (κ3) is 4.26. The summed E-state index contributed by atoms with van der Waals surface area (Å²) in [5.41, 5.74) is 0. The summed E-state index contributed by atoms with van der Waals surface area (Å²) in [5.74, 6) is 0. The molecule has 0 aliphatic rings. The molecule has 2 amide bonds. The molecule has 0 atom stereocenters. The summed E-state index contributed by atoms with van der Waals surface area (Å²) < 4.78 is 0. The number of rotatable bonds is 3. The second kappa shape index (κ2) is 5.60. The first kappa shape index (κ1) is 9.83. The average molecular weight is 160 g/mol. The van der Waals surface area contributed by atoms with Gasteiger partial charge in [0.05, 0.1) is 13.2 Å². The summed E-state index contributed by atoms with van der Waals surface area (Å²) in [4.78, 5) is 10.7. The van der Waals surface area contributed by atoms with Crippen LogP contribution in [-0.2, 0) is 0 Å². The van der Waals surface area contributed by atoms with Crippen molar-refractivity contribution >= 4 is 6.03 Å². The molecule has 0 spiro atoms. The molecule has 0 aromatic carbocycles. The topological polar surface area (TPSA) is 77.3 Å². The Bertz CT molecular complexity index is 147. The number of aliphatic hydroxyl groups is 1. The number of aliphatic hydroxyl groups excluding tert-OH is 1. The Balaban J connectivity index is 3.66. The van der Waals surface area contributed by atoms with E-state index in [-0.39, 0.29) is 19.2 Å². The first-order valence-electron chi connectivity index (χ1n) is 3.16. The molecule has 6 nitrogen and oxygen atoms in total. The van der Waals surface area contributed by atoms with Crippen molar-refractivity contribution in [3.8, 4) is 0 Å². The van der Waals surface area contributed by atoms with Gasteiger partial charge in [-0.1, -0.05) is 5.22 Å². The van der Waals surface area contributed by atoms with Crippen molar-refractivity contribution in [3.05, 3.63) is 0 Å². The highest BCUT2D eigenvalue weighted by atomic mass is 16.3. The molecule has 0 saturated carbocycles. The molecule has 0 bridgehead atoms. The summed E-state index contributed by atoms with van der Waals surface area (Å²) in [6.45, 7) is 0.145. The fourth-order valence-corrected chi connectivity index (χ4v) is 0.387. The smallest absolute Gasteiger partial charge is 0.338 e. The van der Waals surface area contributed by atoms with Gasteiger partial charge in [-0.15, -0.1) is 0 Å². The molecule has 0 heterocycles. The van der Waals surface area contributed by atoms with E-state index in [4.69, 9.17) is 5.11 Å². The summed E-state index contributed by atoms with van der Waals surface area (Å²) >= 11 is 0. The van der Waals surface area contributed by atoms with Gasteiger partial charge in [0.1, 0.15) is 0 Å². The summed E-state index contributed by atoms with van der Waals surface area (Å²) in [7, 11) is 2.97. The molecule has 0 unspecified atom stereocenters. The molecule has 0 radical (unpaired) electrons. The van der Waals surface area contributed by atoms with Crippen molar-refractivity contribution in [2.75, 3.05) is 27.2 Å². The number of amides is 2. The molecule has 0 aliphatic carbocycles. The van der Waals surface area contributed by atoms with Crippen LogP contribution in [0.3, 0.4) is 0 Å². The Hall–Kier alpha value is -1.17. The third-order valence-corrected chi connectivity index (χ3v) is 0.905. The number of urea groups is 1. The SMILES string of the molecule is CNC(=O)N(C)/N=N\CCO. The molecular weight excluding hydrogens is 148 g/mol. The van der Waals surface area contributed by atoms with E-state index in [2.05, 4.69) is 15.7 Å². The van der Waals surface area contributed by atoms with E-state index >= 15 is 0 Å². The second-order valence-corrected chi connectivity index (χ2v) is 1.76. The van der Waals surface area contributed by atoms with E-state index < -0.39 is 0 Å². The zero-order chi connectivity index (χ0) is 8.69. The van der Waals surface area contributed by atoms with Crippen LogP contribution in [0.5, 0.6) is 0 Å². The van der Waals surface area contributed by atoms with Crippen molar-refractivity contribution in [2.45, 2.75) is 0 Å². The minimum atomic E-state index is -0.341. The lowest BCUT2D eigenvalue weighted by atomic mass is 10.7. The van der Waals surface area contributed by atoms with Crippen LogP contribution in [0.1, 0.15) is 0 Å². The Kier molecular flexibility index (Phi) is 5.01. The van der Waals surface area contributed by atoms with Gasteiger partial charge in [-0.25, -0.2) is 9.80 Å². The molecule has 2 N–H and O–H groups in total. The fraction of sp³-hybridized carbons (Fsp3) is 0.800. The van der Waals surface area contributed by atoms with E-state index in [1.807, 2.05) is 0 Å². The van der Waals surface area contributed by atoms with Crippen LogP contribution in [0.25, 0.3) is 0 Å². The maximum atomic E-state index is 10.7. The highest BCUT2D eigenvalue weighted by Gasteiger charge is 2.01. The van der Waals surface area contributed by atoms with Crippen molar-refractivity contribution in [3.63, 3.8) is 0 Å². The molecule has 11 heavy (non-hydrogen) atoms. The van der Waals surface area contributed by atoms with Gasteiger partial charge in [-0.3, -0.25) is 0 Å². The minimum absolute atomic E-state index is 0.0644. The van der Waals surface area contributed by atoms with Crippen LogP contribution >= 0.6 is 0 Å². The Morgan fingerprint density at radius 1 is 1.73 bits per heavy atom. The maximum Gasteiger partial charge on any atom is 0.338 e. The fourth-order valence-electron chi connectivity index (χ4n) is 0.387. The highest BCUT2D eigenvalue weighted by Crippen LogP contribution is 1.85. The minimum Gasteiger partial charge on any atom is -0.394 e. The van der Waals surface area contributed by atoms with Crippen LogP contribution in [0, 0.1) is 0 Å². The van der Waals surface area contributed by atoms with Crippen LogP contribution < -0.4 is 5.32 Å². The van der Waals surface area contributed by atoms with Gasteiger partial charge in [0.25, 0.3) is 0 Å². The van der Waals surface area contributed by atoms with E-state index in [1.54, 1.807) is 0 Å². The third-order valence-electron chi connectivity index (χ3n) is 0.905. The van der Waals surface area contributed by atoms with Crippen LogP contribution in [0.2, 0.25) is 0 Å². The standard InChI is InChI=1S/C5H12N4O2/c1-6-5(11)9(2)8-7-3-4-10/h10H,3-4H2,1-2H3,(H,6,11)/b8-7-. The van der Waals surface area contributed by atoms with Gasteiger partial charge in [0.2, 0.25) is 0 Å². The van der Waals surface area contributed by atoms with Gasteiger partial charge in [-0.05, 0) is 0 Å². The molecular formula is C5H12N4O2. The summed E-state index contributed by atoms with van der Waals surface area (Å²) in [5, 5.41) is 18.7. The van der Waals surface area contributed by atoms with Crippen LogP contribution in [0.15, 0.2) is 10.3 Å². The predicted molar refractivity (Wildman–Crippen MR) is 39.0 cm³/mol. The number of hydrogen-bond acceptors (Lipinski definition) is 4. The second-order valence-electron chi connectivity index (χ2n) is 1.76. The van der Waals surface area contributed by atoms with Crippen molar-refractivity contribution in [2.24, 2.45) is 10.3 Å². The van der Waals surface area contributed by atoms with Crippen molar-refractivity contribution in [1.82, 2.24) is 10.3 Å². The zero-order valence-corrected chi connectivity index (χ0v) is 6.61. The number of carbonyl (C=O) groups is 1. The number of hydrogen-bond donors (Lipinski definition) is 2. The van der Waals surface area contributed by atoms with Crippen LogP contribution in [0.4, 0.5) is 4.79 Å². The predicted octanol–water partition coefficient (Wildman–Crippen LogP) is -0.383. The van der Waals surface area contributed by atoms with Crippen LogP contribution in [-0.4, -0.2) is 43.4 Å². The zero-order valence-electron chi connectivity index (χ0n) is 6.61. The molecule has 0 aromatic heterocycles. The Morgan fingerprint density at radius 2 is 2.36 bits per heavy atom. The van der Waals surface area contributed by atoms with E-state index in [0.29, 0.717) is 0 Å². The van der Waals surface area contributed by atoms with E-state index in [1.165, 1.54) is 14.1 Å². The van der Waals surface area contributed by atoms with E-state index in [0.717, 1.165) is 5.01 Å². The lowest BCUT2D eigenvalue weighted by Gasteiger charge is -2.06. The Morgan fingerprint density at radius 3 is 2.82 bits per heavy atom. The summed E-state index contributed by atoms with van der Waals surface area (Å²) in [6, 6.07) is -0.341. The molecule has 64 valence electrons. The average Bonchev–Trinajstić information content (AvgIpc) is 2.03. The maximum absolute atomic E-state index is 10.7. The van der Waals surface area contributed by atoms with Gasteiger partial charge in [0, 0.05) is 14.1 Å². The normalized spacial score (nSPS) is 10.1. The highest BCUT2D eigenvalue weighted by molar-refractivity contribution is 5.72. The largest absolute Gasteiger partial charge is 0.394 e. The summed E-state index contributed by atoms with van der Waals surface area (Å²) in [6.07, 6.45) is 0. The number of nitrogens with one attached hydrogen (secondary N) is 1. The molecule has 6 heteroatoms. The molecule has 0 aromatic rings. The van der Waals surface area contributed by atoms with Gasteiger partial charge in [0.15, 0.2) is 0 Å². The Labute approximate surface area is 64.9 Å². The lowest BCUT2D eigenvalue weighted by molar-refractivity contribution is 0.208. The quantitative estimate of drug-likeness (QED) is 0.436. The number of nitrogens with zero attached hydrogens (tertiary/aromatic N) is 3. The molecule has 0 fully saturated rings. The van der Waals surface area contributed by atoms with Gasteiger partial charge in [-0.2, -0.15) is 5.11 Å².